The molecule has 0 radical (unpaired) electrons. The Bertz CT molecular complexity index is 448. The lowest BCUT2D eigenvalue weighted by atomic mass is 10.2. The van der Waals surface area contributed by atoms with Crippen LogP contribution in [0.15, 0.2) is 6.20 Å². The van der Waals surface area contributed by atoms with Crippen LogP contribution in [0.3, 0.4) is 0 Å². The van der Waals surface area contributed by atoms with Crippen molar-refractivity contribution in [3.8, 4) is 5.75 Å². The minimum absolute atomic E-state index is 0.0129. The maximum absolute atomic E-state index is 12.2. The molecule has 0 bridgehead atoms. The van der Waals surface area contributed by atoms with Crippen molar-refractivity contribution >= 4 is 28.6 Å². The second-order valence-corrected chi connectivity index (χ2v) is 4.11. The second-order valence-electron chi connectivity index (χ2n) is 2.95. The van der Waals surface area contributed by atoms with Crippen molar-refractivity contribution < 1.29 is 27.4 Å². The summed E-state index contributed by atoms with van der Waals surface area (Å²) in [7, 11) is 1.12. The van der Waals surface area contributed by atoms with Crippen molar-refractivity contribution in [2.24, 2.45) is 0 Å². The molecular weight excluding hydrogens is 354 g/mol. The summed E-state index contributed by atoms with van der Waals surface area (Å²) in [6, 6.07) is 0. The second kappa shape index (κ2) is 5.07. The van der Waals surface area contributed by atoms with Gasteiger partial charge in [0.05, 0.1) is 10.7 Å². The van der Waals surface area contributed by atoms with E-state index in [4.69, 9.17) is 0 Å². The van der Waals surface area contributed by atoms with Gasteiger partial charge in [-0.15, -0.1) is 13.2 Å². The molecule has 0 aliphatic rings. The molecule has 0 fully saturated rings. The number of hydrogen-bond acceptors (Lipinski definition) is 4. The van der Waals surface area contributed by atoms with Gasteiger partial charge in [0.1, 0.15) is 5.75 Å². The van der Waals surface area contributed by atoms with E-state index in [1.54, 1.807) is 22.6 Å². The number of carbonyl (C=O) groups excluding carboxylic acids is 1. The maximum atomic E-state index is 12.2. The van der Waals surface area contributed by atoms with Crippen molar-refractivity contribution in [2.45, 2.75) is 13.3 Å². The minimum Gasteiger partial charge on any atom is -0.464 e. The summed E-state index contributed by atoms with van der Waals surface area (Å²) in [5, 5.41) is 0. The molecule has 4 nitrogen and oxygen atoms in total. The van der Waals surface area contributed by atoms with E-state index in [2.05, 4.69) is 14.5 Å². The predicted octanol–water partition coefficient (Wildman–Crippen LogP) is 2.68. The lowest BCUT2D eigenvalue weighted by Gasteiger charge is -2.14. The van der Waals surface area contributed by atoms with Crippen LogP contribution in [0, 0.1) is 10.5 Å². The summed E-state index contributed by atoms with van der Waals surface area (Å²) < 4.78 is 44.9. The van der Waals surface area contributed by atoms with E-state index in [1.165, 1.54) is 6.92 Å². The van der Waals surface area contributed by atoms with Gasteiger partial charge >= 0.3 is 12.3 Å². The van der Waals surface area contributed by atoms with Crippen LogP contribution in [0.4, 0.5) is 13.2 Å². The lowest BCUT2D eigenvalue weighted by molar-refractivity contribution is -0.275. The van der Waals surface area contributed by atoms with E-state index < -0.39 is 18.1 Å². The first-order valence-corrected chi connectivity index (χ1v) is 5.33. The number of rotatable bonds is 2. The molecule has 17 heavy (non-hydrogen) atoms. The van der Waals surface area contributed by atoms with E-state index in [0.29, 0.717) is 0 Å². The van der Waals surface area contributed by atoms with Crippen LogP contribution in [-0.2, 0) is 4.74 Å². The number of halogens is 4. The van der Waals surface area contributed by atoms with Gasteiger partial charge in [0.2, 0.25) is 0 Å². The average molecular weight is 361 g/mol. The fourth-order valence-electron chi connectivity index (χ4n) is 1.11. The number of esters is 1. The zero-order chi connectivity index (χ0) is 13.2. The first-order chi connectivity index (χ1) is 7.76. The Morgan fingerprint density at radius 3 is 2.53 bits per heavy atom. The van der Waals surface area contributed by atoms with Crippen LogP contribution >= 0.6 is 22.6 Å². The molecule has 0 aliphatic heterocycles. The summed E-state index contributed by atoms with van der Waals surface area (Å²) in [5.41, 5.74) is -0.215. The summed E-state index contributed by atoms with van der Waals surface area (Å²) in [6.07, 6.45) is -3.71. The Morgan fingerprint density at radius 2 is 2.06 bits per heavy atom. The molecule has 94 valence electrons. The van der Waals surface area contributed by atoms with Gasteiger partial charge in [-0.3, -0.25) is 0 Å². The molecule has 0 unspecified atom stereocenters. The fraction of sp³-hybridized carbons (Fsp3) is 0.333. The standard InChI is InChI=1S/C9H7F3INO3/c1-4-6(8(15)16-2)14-3-5(13)7(4)17-9(10,11)12/h3H,1-2H3. The van der Waals surface area contributed by atoms with Crippen LogP contribution in [-0.4, -0.2) is 24.4 Å². The first-order valence-electron chi connectivity index (χ1n) is 4.25. The van der Waals surface area contributed by atoms with Crippen molar-refractivity contribution in [1.29, 1.82) is 0 Å². The molecule has 1 aromatic rings. The van der Waals surface area contributed by atoms with Gasteiger partial charge in [-0.05, 0) is 29.5 Å². The third kappa shape index (κ3) is 3.45. The average Bonchev–Trinajstić information content (AvgIpc) is 2.22. The zero-order valence-corrected chi connectivity index (χ0v) is 10.9. The largest absolute Gasteiger partial charge is 0.573 e. The van der Waals surface area contributed by atoms with Crippen LogP contribution in [0.5, 0.6) is 5.75 Å². The highest BCUT2D eigenvalue weighted by molar-refractivity contribution is 14.1. The highest BCUT2D eigenvalue weighted by Gasteiger charge is 2.33. The molecule has 1 rings (SSSR count). The van der Waals surface area contributed by atoms with E-state index in [9.17, 15) is 18.0 Å². The predicted molar refractivity (Wildman–Crippen MR) is 59.7 cm³/mol. The summed E-state index contributed by atoms with van der Waals surface area (Å²) in [4.78, 5) is 14.9. The van der Waals surface area contributed by atoms with Gasteiger partial charge in [0, 0.05) is 11.8 Å². The molecule has 0 spiro atoms. The van der Waals surface area contributed by atoms with Crippen LogP contribution in [0.1, 0.15) is 16.1 Å². The molecule has 1 heterocycles. The molecular formula is C9H7F3INO3. The van der Waals surface area contributed by atoms with E-state index in [1.807, 2.05) is 0 Å². The SMILES string of the molecule is COC(=O)c1ncc(I)c(OC(F)(F)F)c1C. The monoisotopic (exact) mass is 361 g/mol. The Labute approximate surface area is 108 Å². The Balaban J connectivity index is 3.25. The van der Waals surface area contributed by atoms with E-state index >= 15 is 0 Å². The van der Waals surface area contributed by atoms with Gasteiger partial charge in [-0.2, -0.15) is 0 Å². The summed E-state index contributed by atoms with van der Waals surface area (Å²) in [5.74, 6) is -1.25. The third-order valence-electron chi connectivity index (χ3n) is 1.82. The Morgan fingerprint density at radius 1 is 1.47 bits per heavy atom. The topological polar surface area (TPSA) is 48.4 Å². The molecule has 0 atom stereocenters. The Kier molecular flexibility index (Phi) is 4.17. The van der Waals surface area contributed by atoms with Crippen LogP contribution in [0.25, 0.3) is 0 Å². The number of carbonyl (C=O) groups is 1. The molecule has 0 aliphatic carbocycles. The quantitative estimate of drug-likeness (QED) is 0.601. The number of nitrogens with zero attached hydrogens (tertiary/aromatic N) is 1. The lowest BCUT2D eigenvalue weighted by Crippen LogP contribution is -2.20. The highest BCUT2D eigenvalue weighted by atomic mass is 127. The number of methoxy groups -OCH3 is 1. The number of hydrogen-bond donors (Lipinski definition) is 0. The van der Waals surface area contributed by atoms with Crippen LogP contribution in [0.2, 0.25) is 0 Å². The molecule has 0 aromatic carbocycles. The summed E-state index contributed by atoms with van der Waals surface area (Å²) in [6.45, 7) is 1.31. The van der Waals surface area contributed by atoms with Gasteiger partial charge in [0.25, 0.3) is 0 Å². The fourth-order valence-corrected chi connectivity index (χ4v) is 1.76. The molecule has 0 amide bonds. The summed E-state index contributed by atoms with van der Waals surface area (Å²) >= 11 is 1.64. The third-order valence-corrected chi connectivity index (χ3v) is 2.58. The zero-order valence-electron chi connectivity index (χ0n) is 8.76. The first kappa shape index (κ1) is 14.0. The highest BCUT2D eigenvalue weighted by Crippen LogP contribution is 2.31. The van der Waals surface area contributed by atoms with Gasteiger partial charge in [-0.25, -0.2) is 9.78 Å². The minimum atomic E-state index is -4.82. The number of pyridine rings is 1. The molecule has 0 N–H and O–H groups in total. The molecule has 0 saturated heterocycles. The van der Waals surface area contributed by atoms with Crippen LogP contribution < -0.4 is 4.74 Å². The molecule has 0 saturated carbocycles. The number of alkyl halides is 3. The van der Waals surface area contributed by atoms with Crippen molar-refractivity contribution in [3.63, 3.8) is 0 Å². The van der Waals surface area contributed by atoms with Gasteiger partial charge < -0.3 is 9.47 Å². The Hall–Kier alpha value is -1.06. The number of ether oxygens (including phenoxy) is 2. The van der Waals surface area contributed by atoms with E-state index in [0.717, 1.165) is 13.3 Å². The smallest absolute Gasteiger partial charge is 0.464 e. The number of aromatic nitrogens is 1. The van der Waals surface area contributed by atoms with Crippen molar-refractivity contribution in [3.05, 3.63) is 21.0 Å². The van der Waals surface area contributed by atoms with Gasteiger partial charge in [-0.1, -0.05) is 0 Å². The van der Waals surface area contributed by atoms with Gasteiger partial charge in [0.15, 0.2) is 5.69 Å². The maximum Gasteiger partial charge on any atom is 0.573 e. The molecule has 8 heteroatoms. The molecule has 1 aromatic heterocycles. The normalized spacial score (nSPS) is 11.2. The van der Waals surface area contributed by atoms with E-state index in [-0.39, 0.29) is 14.8 Å². The van der Waals surface area contributed by atoms with Crippen molar-refractivity contribution in [2.75, 3.05) is 7.11 Å². The van der Waals surface area contributed by atoms with Crippen molar-refractivity contribution in [1.82, 2.24) is 4.98 Å².